The van der Waals surface area contributed by atoms with E-state index >= 15 is 0 Å². The predicted molar refractivity (Wildman–Crippen MR) is 135 cm³/mol. The van der Waals surface area contributed by atoms with Crippen molar-refractivity contribution in [2.45, 2.75) is 32.9 Å². The van der Waals surface area contributed by atoms with Crippen LogP contribution in [0.2, 0.25) is 10.0 Å². The lowest BCUT2D eigenvalue weighted by molar-refractivity contribution is -0.0618. The Morgan fingerprint density at radius 2 is 1.71 bits per heavy atom. The van der Waals surface area contributed by atoms with Gasteiger partial charge in [-0.2, -0.15) is 13.2 Å². The average molecular weight is 573 g/mol. The van der Waals surface area contributed by atoms with E-state index in [-0.39, 0.29) is 51.6 Å². The molecule has 192 valence electrons. The molecule has 35 heavy (non-hydrogen) atoms. The van der Waals surface area contributed by atoms with Crippen molar-refractivity contribution in [1.82, 2.24) is 0 Å². The van der Waals surface area contributed by atoms with Gasteiger partial charge in [0.05, 0.1) is 16.7 Å². The Balaban J connectivity index is 2.05. The fourth-order valence-electron chi connectivity index (χ4n) is 2.87. The maximum Gasteiger partial charge on any atom is 0.437 e. The molecule has 0 heterocycles. The van der Waals surface area contributed by atoms with Gasteiger partial charge in [0.2, 0.25) is 0 Å². The molecule has 0 fully saturated rings. The van der Waals surface area contributed by atoms with Crippen LogP contribution in [0.1, 0.15) is 31.4 Å². The van der Waals surface area contributed by atoms with Crippen LogP contribution in [0, 0.1) is 5.92 Å². The molecular weight excluding hydrogens is 549 g/mol. The fraction of sp³-hybridized carbons (Fsp3) is 0.375. The molecule has 0 bridgehead atoms. The van der Waals surface area contributed by atoms with Crippen molar-refractivity contribution in [3.63, 3.8) is 0 Å². The Morgan fingerprint density at radius 1 is 1.06 bits per heavy atom. The van der Waals surface area contributed by atoms with Crippen LogP contribution in [-0.2, 0) is 11.3 Å². The van der Waals surface area contributed by atoms with Gasteiger partial charge in [0, 0.05) is 17.7 Å². The summed E-state index contributed by atoms with van der Waals surface area (Å²) in [6.45, 7) is 4.02. The summed E-state index contributed by atoms with van der Waals surface area (Å²) in [5, 5.41) is 3.85. The summed E-state index contributed by atoms with van der Waals surface area (Å²) in [6.07, 6.45) is -2.51. The molecule has 0 saturated carbocycles. The van der Waals surface area contributed by atoms with Gasteiger partial charge in [-0.25, -0.2) is 0 Å². The van der Waals surface area contributed by atoms with Gasteiger partial charge in [-0.3, -0.25) is 0 Å². The molecule has 11 heteroatoms. The highest BCUT2D eigenvalue weighted by molar-refractivity contribution is 6.55. The first kappa shape index (κ1) is 29.4. The van der Waals surface area contributed by atoms with Crippen LogP contribution >= 0.6 is 46.4 Å². The lowest BCUT2D eigenvalue weighted by atomic mass is 9.99. The molecule has 0 N–H and O–H groups in total. The molecule has 0 aliphatic heterocycles. The summed E-state index contributed by atoms with van der Waals surface area (Å²) in [7, 11) is 0. The van der Waals surface area contributed by atoms with Crippen molar-refractivity contribution in [3.8, 4) is 11.5 Å². The first-order valence-corrected chi connectivity index (χ1v) is 12.1. The van der Waals surface area contributed by atoms with Gasteiger partial charge in [-0.05, 0) is 30.4 Å². The van der Waals surface area contributed by atoms with Crippen LogP contribution in [0.4, 0.5) is 13.2 Å². The molecule has 2 aromatic rings. The van der Waals surface area contributed by atoms with Crippen molar-refractivity contribution in [1.29, 1.82) is 0 Å². The molecule has 0 aliphatic carbocycles. The zero-order valence-corrected chi connectivity index (χ0v) is 22.0. The number of nitrogens with zero attached hydrogens (tertiary/aromatic N) is 1. The monoisotopic (exact) mass is 571 g/mol. The van der Waals surface area contributed by atoms with Crippen molar-refractivity contribution < 1.29 is 27.5 Å². The van der Waals surface area contributed by atoms with Crippen LogP contribution in [0.5, 0.6) is 11.5 Å². The number of aryl methyl sites for hydroxylation is 1. The lowest BCUT2D eigenvalue weighted by Gasteiger charge is -2.15. The van der Waals surface area contributed by atoms with E-state index in [4.69, 9.17) is 60.7 Å². The first-order valence-electron chi connectivity index (χ1n) is 10.6. The molecule has 0 radical (unpaired) electrons. The molecule has 0 aromatic heterocycles. The summed E-state index contributed by atoms with van der Waals surface area (Å²) in [6, 6.07) is 9.24. The molecule has 0 unspecified atom stereocenters. The van der Waals surface area contributed by atoms with E-state index in [9.17, 15) is 13.2 Å². The molecule has 0 amide bonds. The highest BCUT2D eigenvalue weighted by atomic mass is 35.5. The third-order valence-electron chi connectivity index (χ3n) is 4.40. The number of rotatable bonds is 12. The van der Waals surface area contributed by atoms with Crippen molar-refractivity contribution in [3.05, 3.63) is 68.1 Å². The van der Waals surface area contributed by atoms with Crippen LogP contribution in [0.15, 0.2) is 52.1 Å². The summed E-state index contributed by atoms with van der Waals surface area (Å²) >= 11 is 23.6. The van der Waals surface area contributed by atoms with Gasteiger partial charge in [0.25, 0.3) is 0 Å². The normalized spacial score (nSPS) is 12.0. The van der Waals surface area contributed by atoms with Crippen molar-refractivity contribution in [2.75, 3.05) is 19.8 Å². The Bertz CT molecular complexity index is 1020. The number of benzene rings is 2. The van der Waals surface area contributed by atoms with Crippen LogP contribution < -0.4 is 9.47 Å². The maximum absolute atomic E-state index is 13.7. The zero-order chi connectivity index (χ0) is 26.0. The minimum Gasteiger partial charge on any atom is -0.490 e. The van der Waals surface area contributed by atoms with E-state index < -0.39 is 11.9 Å². The van der Waals surface area contributed by atoms with E-state index in [1.807, 2.05) is 13.8 Å². The van der Waals surface area contributed by atoms with Crippen LogP contribution in [-0.4, -0.2) is 31.7 Å². The molecular formula is C24H24Cl4F3NO3. The molecule has 0 spiro atoms. The first-order chi connectivity index (χ1) is 16.5. The van der Waals surface area contributed by atoms with E-state index in [0.29, 0.717) is 24.2 Å². The summed E-state index contributed by atoms with van der Waals surface area (Å²) in [5.41, 5.74) is -0.638. The SMILES string of the molecule is CC(C)CO/N=C(/c1ccccc1CCCOc1c(Cl)cc(OCC=C(Cl)Cl)cc1Cl)C(F)(F)F. The molecule has 0 saturated heterocycles. The minimum atomic E-state index is -4.67. The maximum atomic E-state index is 13.7. The Hall–Kier alpha value is -1.80. The van der Waals surface area contributed by atoms with Gasteiger partial charge < -0.3 is 14.3 Å². The number of hydrogen-bond acceptors (Lipinski definition) is 4. The quantitative estimate of drug-likeness (QED) is 0.145. The number of hydrogen-bond donors (Lipinski definition) is 0. The molecule has 0 atom stereocenters. The Morgan fingerprint density at radius 3 is 2.31 bits per heavy atom. The van der Waals surface area contributed by atoms with Gasteiger partial charge in [0.15, 0.2) is 11.5 Å². The number of alkyl halides is 3. The highest BCUT2D eigenvalue weighted by Crippen LogP contribution is 2.37. The zero-order valence-electron chi connectivity index (χ0n) is 19.0. The topological polar surface area (TPSA) is 40.0 Å². The van der Waals surface area contributed by atoms with Crippen LogP contribution in [0.25, 0.3) is 0 Å². The van der Waals surface area contributed by atoms with Gasteiger partial charge in [-0.15, -0.1) is 0 Å². The third-order valence-corrected chi connectivity index (χ3v) is 5.27. The summed E-state index contributed by atoms with van der Waals surface area (Å²) < 4.78 is 52.2. The largest absolute Gasteiger partial charge is 0.490 e. The van der Waals surface area contributed by atoms with Crippen LogP contribution in [0.3, 0.4) is 0 Å². The minimum absolute atomic E-state index is 0.0348. The number of oxime groups is 1. The second-order valence-electron chi connectivity index (χ2n) is 7.76. The van der Waals surface area contributed by atoms with E-state index in [1.165, 1.54) is 30.3 Å². The number of halogens is 7. The third kappa shape index (κ3) is 10.00. The predicted octanol–water partition coefficient (Wildman–Crippen LogP) is 8.64. The fourth-order valence-corrected chi connectivity index (χ4v) is 3.57. The lowest BCUT2D eigenvalue weighted by Crippen LogP contribution is -2.26. The molecule has 0 aliphatic rings. The Labute approximate surface area is 222 Å². The van der Waals surface area contributed by atoms with Crippen molar-refractivity contribution >= 4 is 52.1 Å². The molecule has 2 rings (SSSR count). The second-order valence-corrected chi connectivity index (χ2v) is 9.58. The van der Waals surface area contributed by atoms with E-state index in [0.717, 1.165) is 0 Å². The Kier molecular flexibility index (Phi) is 11.8. The van der Waals surface area contributed by atoms with Gasteiger partial charge in [-0.1, -0.05) is 89.7 Å². The van der Waals surface area contributed by atoms with Crippen molar-refractivity contribution in [2.24, 2.45) is 11.1 Å². The van der Waals surface area contributed by atoms with E-state index in [1.54, 1.807) is 12.1 Å². The van der Waals surface area contributed by atoms with Gasteiger partial charge >= 0.3 is 6.18 Å². The number of ether oxygens (including phenoxy) is 2. The summed E-state index contributed by atoms with van der Waals surface area (Å²) in [4.78, 5) is 4.94. The van der Waals surface area contributed by atoms with E-state index in [2.05, 4.69) is 5.16 Å². The van der Waals surface area contributed by atoms with Gasteiger partial charge in [0.1, 0.15) is 23.5 Å². The molecule has 4 nitrogen and oxygen atoms in total. The summed E-state index contributed by atoms with van der Waals surface area (Å²) in [5.74, 6) is 0.686. The average Bonchev–Trinajstić information content (AvgIpc) is 2.75. The highest BCUT2D eigenvalue weighted by Gasteiger charge is 2.38. The smallest absolute Gasteiger partial charge is 0.437 e. The standard InChI is InChI=1S/C24H24Cl4F3NO3/c1-15(2)14-35-32-23(24(29,30)31)18-8-4-3-6-16(18)7-5-10-34-22-19(25)12-17(13-20(22)26)33-11-9-21(27)28/h3-4,6,8-9,12-13,15H,5,7,10-11,14H2,1-2H3/b32-23-. The second kappa shape index (κ2) is 14.1. The molecule has 2 aromatic carbocycles.